The van der Waals surface area contributed by atoms with Crippen molar-refractivity contribution in [1.29, 1.82) is 0 Å². The Morgan fingerprint density at radius 1 is 0.914 bits per heavy atom. The quantitative estimate of drug-likeness (QED) is 0.539. The lowest BCUT2D eigenvalue weighted by atomic mass is 9.89. The number of piperazine rings is 2. The van der Waals surface area contributed by atoms with E-state index in [9.17, 15) is 0 Å². The molecule has 190 valence electrons. The Morgan fingerprint density at radius 3 is 2.34 bits per heavy atom. The summed E-state index contributed by atoms with van der Waals surface area (Å²) in [5.41, 5.74) is 3.72. The van der Waals surface area contributed by atoms with Gasteiger partial charge in [-0.25, -0.2) is 4.98 Å². The van der Waals surface area contributed by atoms with Crippen LogP contribution in [0.3, 0.4) is 0 Å². The van der Waals surface area contributed by atoms with Crippen LogP contribution in [0.15, 0.2) is 24.3 Å². The van der Waals surface area contributed by atoms with Crippen LogP contribution in [-0.2, 0) is 6.42 Å². The van der Waals surface area contributed by atoms with E-state index in [0.29, 0.717) is 0 Å². The van der Waals surface area contributed by atoms with Crippen LogP contribution in [0.5, 0.6) is 0 Å². The minimum absolute atomic E-state index is 0.855. The highest BCUT2D eigenvalue weighted by molar-refractivity contribution is 7.80. The van der Waals surface area contributed by atoms with Gasteiger partial charge in [-0.15, -0.1) is 0 Å². The van der Waals surface area contributed by atoms with Crippen molar-refractivity contribution in [3.8, 4) is 0 Å². The molecule has 0 spiro atoms. The van der Waals surface area contributed by atoms with Crippen molar-refractivity contribution in [2.75, 3.05) is 70.3 Å². The van der Waals surface area contributed by atoms with Gasteiger partial charge in [-0.05, 0) is 61.6 Å². The lowest BCUT2D eigenvalue weighted by Crippen LogP contribution is -2.49. The first-order valence-electron chi connectivity index (χ1n) is 14.0. The van der Waals surface area contributed by atoms with Gasteiger partial charge in [0.15, 0.2) is 0 Å². The summed E-state index contributed by atoms with van der Waals surface area (Å²) in [4.78, 5) is 16.2. The molecule has 0 bridgehead atoms. The van der Waals surface area contributed by atoms with Gasteiger partial charge < -0.3 is 14.7 Å². The Kier molecular flexibility index (Phi) is 8.21. The molecule has 2 aliphatic heterocycles. The van der Waals surface area contributed by atoms with Gasteiger partial charge in [0.05, 0.1) is 10.5 Å². The maximum absolute atomic E-state index is 5.92. The molecule has 1 aromatic heterocycles. The van der Waals surface area contributed by atoms with Crippen molar-refractivity contribution in [1.82, 2.24) is 19.7 Å². The van der Waals surface area contributed by atoms with E-state index >= 15 is 0 Å². The van der Waals surface area contributed by atoms with Gasteiger partial charge >= 0.3 is 0 Å². The molecule has 0 N–H and O–H groups in total. The predicted octanol–water partition coefficient (Wildman–Crippen LogP) is 4.75. The minimum atomic E-state index is 0.855. The number of benzene rings is 1. The molecule has 5 rings (SSSR count). The monoisotopic (exact) mass is 493 g/mol. The van der Waals surface area contributed by atoms with Gasteiger partial charge in [-0.2, -0.15) is 0 Å². The molecule has 3 aliphatic rings. The van der Waals surface area contributed by atoms with Crippen molar-refractivity contribution in [3.05, 3.63) is 35.4 Å². The molecule has 2 saturated heterocycles. The van der Waals surface area contributed by atoms with Crippen molar-refractivity contribution in [2.24, 2.45) is 5.92 Å². The fourth-order valence-electron chi connectivity index (χ4n) is 6.19. The van der Waals surface area contributed by atoms with Gasteiger partial charge in [0.2, 0.25) is 0 Å². The summed E-state index contributed by atoms with van der Waals surface area (Å²) in [6.45, 7) is 15.8. The van der Waals surface area contributed by atoms with Crippen molar-refractivity contribution in [3.63, 3.8) is 0 Å². The number of anilines is 1. The maximum atomic E-state index is 5.92. The largest absolute Gasteiger partial charge is 0.363 e. The van der Waals surface area contributed by atoms with Crippen LogP contribution < -0.4 is 4.90 Å². The summed E-state index contributed by atoms with van der Waals surface area (Å²) in [6, 6.07) is 9.03. The predicted molar refractivity (Wildman–Crippen MR) is 152 cm³/mol. The van der Waals surface area contributed by atoms with Crippen molar-refractivity contribution >= 4 is 33.9 Å². The van der Waals surface area contributed by atoms with Crippen molar-refractivity contribution in [2.45, 2.75) is 52.4 Å². The average Bonchev–Trinajstić information content (AvgIpc) is 2.90. The molecule has 1 aromatic carbocycles. The normalized spacial score (nSPS) is 21.1. The first kappa shape index (κ1) is 24.9. The Balaban J connectivity index is 1.17. The topological polar surface area (TPSA) is 25.9 Å². The second-order valence-electron chi connectivity index (χ2n) is 10.9. The number of likely N-dealkylation sites (N-methyl/N-ethyl adjacent to an activating group) is 1. The van der Waals surface area contributed by atoms with Gasteiger partial charge in [0.25, 0.3) is 0 Å². The van der Waals surface area contributed by atoms with Gasteiger partial charge in [0.1, 0.15) is 5.82 Å². The van der Waals surface area contributed by atoms with Crippen LogP contribution in [0.2, 0.25) is 0 Å². The molecule has 1 saturated carbocycles. The van der Waals surface area contributed by atoms with Gasteiger partial charge in [-0.1, -0.05) is 44.5 Å². The molecule has 3 fully saturated rings. The SMILES string of the molecule is CCN1CCN(c2cc(C)c3cc(CC(=S)N4CCN(CC5CCCCC5)CC4)ccc3n2)CC1. The number of nitrogens with zero attached hydrogens (tertiary/aromatic N) is 5. The highest BCUT2D eigenvalue weighted by atomic mass is 32.1. The highest BCUT2D eigenvalue weighted by Crippen LogP contribution is 2.26. The first-order valence-corrected chi connectivity index (χ1v) is 14.4. The standard InChI is InChI=1S/C29H43N5S/c1-3-31-11-15-33(16-12-31)28-19-23(2)26-20-25(9-10-27(26)30-28)21-29(35)34-17-13-32(14-18-34)22-24-7-5-4-6-8-24/h9-10,19-20,24H,3-8,11-18,21-22H2,1-2H3. The van der Waals surface area contributed by atoms with E-state index in [1.165, 1.54) is 55.2 Å². The van der Waals surface area contributed by atoms with Crippen LogP contribution in [0.1, 0.15) is 50.2 Å². The molecular formula is C29H43N5S. The molecule has 0 unspecified atom stereocenters. The van der Waals surface area contributed by atoms with Gasteiger partial charge in [-0.3, -0.25) is 4.90 Å². The van der Waals surface area contributed by atoms with Crippen LogP contribution in [-0.4, -0.2) is 90.1 Å². The smallest absolute Gasteiger partial charge is 0.129 e. The van der Waals surface area contributed by atoms with Gasteiger partial charge in [0, 0.05) is 70.7 Å². The Bertz CT molecular complexity index is 1000. The highest BCUT2D eigenvalue weighted by Gasteiger charge is 2.23. The second-order valence-corrected chi connectivity index (χ2v) is 11.4. The third-order valence-corrected chi connectivity index (χ3v) is 8.93. The van der Waals surface area contributed by atoms with E-state index in [1.54, 1.807) is 0 Å². The van der Waals surface area contributed by atoms with Crippen LogP contribution >= 0.6 is 12.2 Å². The van der Waals surface area contributed by atoms with Crippen LogP contribution in [0.25, 0.3) is 10.9 Å². The van der Waals surface area contributed by atoms with E-state index in [2.05, 4.69) is 57.7 Å². The molecule has 0 amide bonds. The van der Waals surface area contributed by atoms with E-state index in [4.69, 9.17) is 17.2 Å². The summed E-state index contributed by atoms with van der Waals surface area (Å²) in [6.07, 6.45) is 8.05. The molecule has 5 nitrogen and oxygen atoms in total. The third-order valence-electron chi connectivity index (χ3n) is 8.53. The third kappa shape index (κ3) is 6.15. The summed E-state index contributed by atoms with van der Waals surface area (Å²) in [5, 5.41) is 1.26. The van der Waals surface area contributed by atoms with E-state index in [0.717, 1.165) is 87.6 Å². The maximum Gasteiger partial charge on any atom is 0.129 e. The lowest BCUT2D eigenvalue weighted by molar-refractivity contribution is 0.145. The number of aromatic nitrogens is 1. The Hall–Kier alpha value is -1.76. The number of pyridine rings is 1. The summed E-state index contributed by atoms with van der Waals surface area (Å²) < 4.78 is 0. The molecule has 3 heterocycles. The molecule has 1 aliphatic carbocycles. The zero-order valence-corrected chi connectivity index (χ0v) is 22.7. The Morgan fingerprint density at radius 2 is 1.63 bits per heavy atom. The van der Waals surface area contributed by atoms with Crippen LogP contribution in [0, 0.1) is 12.8 Å². The zero-order chi connectivity index (χ0) is 24.2. The summed E-state index contributed by atoms with van der Waals surface area (Å²) in [5.74, 6) is 2.05. The number of fused-ring (bicyclic) bond motifs is 1. The summed E-state index contributed by atoms with van der Waals surface area (Å²) >= 11 is 5.92. The summed E-state index contributed by atoms with van der Waals surface area (Å²) in [7, 11) is 0. The molecule has 6 heteroatoms. The van der Waals surface area contributed by atoms with E-state index in [-0.39, 0.29) is 0 Å². The van der Waals surface area contributed by atoms with Crippen molar-refractivity contribution < 1.29 is 0 Å². The van der Waals surface area contributed by atoms with E-state index < -0.39 is 0 Å². The molecule has 0 radical (unpaired) electrons. The molecule has 35 heavy (non-hydrogen) atoms. The number of thiocarbonyl (C=S) groups is 1. The number of rotatable bonds is 6. The van der Waals surface area contributed by atoms with E-state index in [1.807, 2.05) is 0 Å². The number of aryl methyl sites for hydroxylation is 1. The zero-order valence-electron chi connectivity index (χ0n) is 21.8. The minimum Gasteiger partial charge on any atom is -0.363 e. The average molecular weight is 494 g/mol. The fourth-order valence-corrected chi connectivity index (χ4v) is 6.54. The molecule has 0 atom stereocenters. The molecular weight excluding hydrogens is 450 g/mol. The fraction of sp³-hybridized carbons (Fsp3) is 0.655. The number of hydrogen-bond donors (Lipinski definition) is 0. The lowest BCUT2D eigenvalue weighted by Gasteiger charge is -2.38. The molecule has 2 aromatic rings. The first-order chi connectivity index (χ1) is 17.1. The van der Waals surface area contributed by atoms with Crippen LogP contribution in [0.4, 0.5) is 5.82 Å². The Labute approximate surface area is 217 Å². The number of hydrogen-bond acceptors (Lipinski definition) is 5. The second kappa shape index (κ2) is 11.5.